The van der Waals surface area contributed by atoms with Gasteiger partial charge in [0, 0.05) is 19.3 Å². The van der Waals surface area contributed by atoms with Crippen molar-refractivity contribution in [3.8, 4) is 11.5 Å². The van der Waals surface area contributed by atoms with Gasteiger partial charge in [-0.1, -0.05) is 6.07 Å². The smallest absolute Gasteiger partial charge is 0.261 e. The summed E-state index contributed by atoms with van der Waals surface area (Å²) in [6.07, 6.45) is 0. The van der Waals surface area contributed by atoms with Crippen molar-refractivity contribution >= 4 is 17.3 Å². The number of hydrogen-bond acceptors (Lipinski definition) is 4. The molecule has 0 bridgehead atoms. The van der Waals surface area contributed by atoms with Gasteiger partial charge in [0.1, 0.15) is 12.4 Å². The van der Waals surface area contributed by atoms with Gasteiger partial charge in [0.15, 0.2) is 5.75 Å². The van der Waals surface area contributed by atoms with Crippen LogP contribution in [0.5, 0.6) is 11.5 Å². The Kier molecular flexibility index (Phi) is 3.39. The van der Waals surface area contributed by atoms with Gasteiger partial charge in [0.05, 0.1) is 11.3 Å². The Labute approximate surface area is 122 Å². The fourth-order valence-corrected chi connectivity index (χ4v) is 2.31. The first kappa shape index (κ1) is 13.3. The van der Waals surface area contributed by atoms with Crippen molar-refractivity contribution < 1.29 is 14.6 Å². The van der Waals surface area contributed by atoms with Gasteiger partial charge in [0.2, 0.25) is 0 Å². The third-order valence-electron chi connectivity index (χ3n) is 3.45. The summed E-state index contributed by atoms with van der Waals surface area (Å²) < 4.78 is 5.63. The van der Waals surface area contributed by atoms with E-state index in [1.165, 1.54) is 4.90 Å². The molecule has 1 amide bonds. The Hall–Kier alpha value is -2.69. The third kappa shape index (κ3) is 2.50. The second kappa shape index (κ2) is 5.36. The van der Waals surface area contributed by atoms with Gasteiger partial charge in [-0.2, -0.15) is 0 Å². The minimum atomic E-state index is -0.152. The van der Waals surface area contributed by atoms with Gasteiger partial charge in [0.25, 0.3) is 5.91 Å². The lowest BCUT2D eigenvalue weighted by atomic mass is 10.1. The van der Waals surface area contributed by atoms with Crippen LogP contribution >= 0.6 is 0 Å². The molecule has 5 nitrogen and oxygen atoms in total. The van der Waals surface area contributed by atoms with Crippen LogP contribution in [0, 0.1) is 0 Å². The number of phenols is 1. The number of ether oxygens (including phenoxy) is 1. The topological polar surface area (TPSA) is 61.8 Å². The van der Waals surface area contributed by atoms with E-state index in [1.807, 2.05) is 12.1 Å². The largest absolute Gasteiger partial charge is 0.508 e. The number of carbonyl (C=O) groups is 1. The quantitative estimate of drug-likeness (QED) is 0.889. The summed E-state index contributed by atoms with van der Waals surface area (Å²) in [6, 6.07) is 12.0. The number of carbonyl (C=O) groups excluding carboxylic acids is 1. The summed E-state index contributed by atoms with van der Waals surface area (Å²) in [4.78, 5) is 14.2. The highest BCUT2D eigenvalue weighted by Crippen LogP contribution is 2.32. The standard InChI is InChI=1S/C16H16N2O3/c1-18(11-5-7-12(19)8-6-11)16(20)13-3-2-4-14-15(13)21-10-9-17-14/h2-8,17,19H,9-10H2,1H3. The van der Waals surface area contributed by atoms with Gasteiger partial charge in [-0.25, -0.2) is 0 Å². The van der Waals surface area contributed by atoms with Gasteiger partial charge in [-0.15, -0.1) is 0 Å². The maximum atomic E-state index is 12.7. The fraction of sp³-hybridized carbons (Fsp3) is 0.188. The molecule has 0 fully saturated rings. The number of nitrogens with zero attached hydrogens (tertiary/aromatic N) is 1. The lowest BCUT2D eigenvalue weighted by molar-refractivity contribution is 0.0989. The first-order valence-electron chi connectivity index (χ1n) is 6.73. The predicted octanol–water partition coefficient (Wildman–Crippen LogP) is 2.47. The van der Waals surface area contributed by atoms with Crippen LogP contribution < -0.4 is 15.0 Å². The molecule has 0 unspecified atom stereocenters. The zero-order valence-electron chi connectivity index (χ0n) is 11.7. The van der Waals surface area contributed by atoms with Crippen LogP contribution in [0.2, 0.25) is 0 Å². The summed E-state index contributed by atoms with van der Waals surface area (Å²) in [6.45, 7) is 1.28. The summed E-state index contributed by atoms with van der Waals surface area (Å²) in [5.74, 6) is 0.616. The van der Waals surface area contributed by atoms with E-state index in [2.05, 4.69) is 5.32 Å². The van der Waals surface area contributed by atoms with Crippen molar-refractivity contribution in [1.82, 2.24) is 0 Å². The maximum absolute atomic E-state index is 12.7. The SMILES string of the molecule is CN(C(=O)c1cccc2c1OCCN2)c1ccc(O)cc1. The molecule has 0 atom stereocenters. The number of fused-ring (bicyclic) bond motifs is 1. The van der Waals surface area contributed by atoms with Crippen molar-refractivity contribution in [3.63, 3.8) is 0 Å². The van der Waals surface area contributed by atoms with Crippen LogP contribution in [-0.2, 0) is 0 Å². The molecule has 21 heavy (non-hydrogen) atoms. The molecule has 2 aromatic rings. The number of para-hydroxylation sites is 1. The van der Waals surface area contributed by atoms with E-state index in [-0.39, 0.29) is 11.7 Å². The number of amides is 1. The van der Waals surface area contributed by atoms with Crippen LogP contribution in [0.3, 0.4) is 0 Å². The molecule has 0 spiro atoms. The molecule has 2 aromatic carbocycles. The molecule has 1 aliphatic rings. The van der Waals surface area contributed by atoms with Crippen molar-refractivity contribution in [3.05, 3.63) is 48.0 Å². The number of anilines is 2. The van der Waals surface area contributed by atoms with E-state index in [0.29, 0.717) is 23.6 Å². The van der Waals surface area contributed by atoms with Crippen LogP contribution in [0.4, 0.5) is 11.4 Å². The fourth-order valence-electron chi connectivity index (χ4n) is 2.31. The highest BCUT2D eigenvalue weighted by Gasteiger charge is 2.22. The summed E-state index contributed by atoms with van der Waals surface area (Å²) in [7, 11) is 1.70. The van der Waals surface area contributed by atoms with Crippen LogP contribution in [0.15, 0.2) is 42.5 Å². The van der Waals surface area contributed by atoms with Crippen molar-refractivity contribution in [1.29, 1.82) is 0 Å². The molecule has 0 aromatic heterocycles. The zero-order chi connectivity index (χ0) is 14.8. The predicted molar refractivity (Wildman–Crippen MR) is 81.3 cm³/mol. The van der Waals surface area contributed by atoms with Crippen molar-refractivity contribution in [2.45, 2.75) is 0 Å². The molecule has 0 aliphatic carbocycles. The van der Waals surface area contributed by atoms with Crippen molar-refractivity contribution in [2.75, 3.05) is 30.4 Å². The number of phenolic OH excluding ortho intramolecular Hbond substituents is 1. The summed E-state index contributed by atoms with van der Waals surface area (Å²) in [5, 5.41) is 12.5. The highest BCUT2D eigenvalue weighted by atomic mass is 16.5. The van der Waals surface area contributed by atoms with E-state index < -0.39 is 0 Å². The van der Waals surface area contributed by atoms with Gasteiger partial charge >= 0.3 is 0 Å². The Balaban J connectivity index is 1.93. The first-order valence-corrected chi connectivity index (χ1v) is 6.73. The number of rotatable bonds is 2. The van der Waals surface area contributed by atoms with E-state index in [0.717, 1.165) is 12.2 Å². The molecule has 108 valence electrons. The average Bonchev–Trinajstić information content (AvgIpc) is 2.53. The number of aromatic hydroxyl groups is 1. The second-order valence-electron chi connectivity index (χ2n) is 4.84. The second-order valence-corrected chi connectivity index (χ2v) is 4.84. The van der Waals surface area contributed by atoms with Gasteiger partial charge < -0.3 is 20.1 Å². The van der Waals surface area contributed by atoms with E-state index in [1.54, 1.807) is 37.4 Å². The summed E-state index contributed by atoms with van der Waals surface area (Å²) >= 11 is 0. The molecular weight excluding hydrogens is 268 g/mol. The zero-order valence-corrected chi connectivity index (χ0v) is 11.7. The number of nitrogens with one attached hydrogen (secondary N) is 1. The van der Waals surface area contributed by atoms with Gasteiger partial charge in [-0.05, 0) is 36.4 Å². The van der Waals surface area contributed by atoms with Crippen LogP contribution in [0.1, 0.15) is 10.4 Å². The molecule has 0 saturated heterocycles. The molecule has 0 saturated carbocycles. The molecule has 0 radical (unpaired) electrons. The summed E-state index contributed by atoms with van der Waals surface area (Å²) in [5.41, 5.74) is 2.07. The maximum Gasteiger partial charge on any atom is 0.261 e. The molecule has 1 aliphatic heterocycles. The Bertz CT molecular complexity index is 668. The van der Waals surface area contributed by atoms with E-state index >= 15 is 0 Å². The minimum Gasteiger partial charge on any atom is -0.508 e. The molecule has 2 N–H and O–H groups in total. The highest BCUT2D eigenvalue weighted by molar-refractivity contribution is 6.08. The molecule has 5 heteroatoms. The Morgan fingerprint density at radius 3 is 2.76 bits per heavy atom. The van der Waals surface area contributed by atoms with Crippen LogP contribution in [-0.4, -0.2) is 31.2 Å². The average molecular weight is 284 g/mol. The Morgan fingerprint density at radius 1 is 1.24 bits per heavy atom. The lowest BCUT2D eigenvalue weighted by Gasteiger charge is -2.24. The first-order chi connectivity index (χ1) is 10.2. The normalized spacial score (nSPS) is 12.8. The Morgan fingerprint density at radius 2 is 2.00 bits per heavy atom. The lowest BCUT2D eigenvalue weighted by Crippen LogP contribution is -2.28. The van der Waals surface area contributed by atoms with Crippen molar-refractivity contribution in [2.24, 2.45) is 0 Å². The molecular formula is C16H16N2O3. The minimum absolute atomic E-state index is 0.152. The molecule has 1 heterocycles. The number of hydrogen-bond donors (Lipinski definition) is 2. The van der Waals surface area contributed by atoms with Gasteiger partial charge in [-0.3, -0.25) is 4.79 Å². The van der Waals surface area contributed by atoms with E-state index in [9.17, 15) is 9.90 Å². The monoisotopic (exact) mass is 284 g/mol. The third-order valence-corrected chi connectivity index (χ3v) is 3.45. The van der Waals surface area contributed by atoms with E-state index in [4.69, 9.17) is 4.74 Å². The number of benzene rings is 2. The molecule has 3 rings (SSSR count). The van der Waals surface area contributed by atoms with Crippen LogP contribution in [0.25, 0.3) is 0 Å².